The molecule has 148 valence electrons. The predicted octanol–water partition coefficient (Wildman–Crippen LogP) is 3.71. The second kappa shape index (κ2) is 9.45. The summed E-state index contributed by atoms with van der Waals surface area (Å²) < 4.78 is 0. The minimum atomic E-state index is -0.296. The molecule has 0 aliphatic carbocycles. The van der Waals surface area contributed by atoms with Crippen LogP contribution in [0.2, 0.25) is 0 Å². The Morgan fingerprint density at radius 2 is 1.48 bits per heavy atom. The van der Waals surface area contributed by atoms with Crippen molar-refractivity contribution in [2.75, 3.05) is 22.1 Å². The van der Waals surface area contributed by atoms with E-state index in [0.717, 1.165) is 6.54 Å². The molecule has 0 saturated heterocycles. The van der Waals surface area contributed by atoms with E-state index in [-0.39, 0.29) is 11.8 Å². The van der Waals surface area contributed by atoms with Crippen molar-refractivity contribution in [1.82, 2.24) is 9.97 Å². The molecule has 1 aromatic heterocycles. The maximum Gasteiger partial charge on any atom is 0.258 e. The van der Waals surface area contributed by atoms with Crippen LogP contribution in [0.15, 0.2) is 67.0 Å². The molecule has 0 unspecified atom stereocenters. The second-order valence-electron chi connectivity index (χ2n) is 6.48. The van der Waals surface area contributed by atoms with Crippen LogP contribution in [-0.4, -0.2) is 28.3 Å². The lowest BCUT2D eigenvalue weighted by molar-refractivity contribution is -0.114. The molecule has 0 spiro atoms. The summed E-state index contributed by atoms with van der Waals surface area (Å²) in [5.41, 5.74) is 2.83. The molecule has 0 aliphatic rings. The van der Waals surface area contributed by atoms with Crippen LogP contribution in [0.5, 0.6) is 0 Å². The monoisotopic (exact) mass is 389 g/mol. The summed E-state index contributed by atoms with van der Waals surface area (Å²) in [7, 11) is 0. The normalized spacial score (nSPS) is 10.3. The second-order valence-corrected chi connectivity index (χ2v) is 6.48. The molecule has 3 aromatic rings. The summed E-state index contributed by atoms with van der Waals surface area (Å²) in [6.45, 7) is 4.93. The summed E-state index contributed by atoms with van der Waals surface area (Å²) in [5.74, 6) is 0.134. The highest BCUT2D eigenvalue weighted by Gasteiger charge is 2.12. The summed E-state index contributed by atoms with van der Waals surface area (Å²) >= 11 is 0. The van der Waals surface area contributed by atoms with E-state index >= 15 is 0 Å². The number of amides is 2. The van der Waals surface area contributed by atoms with Crippen molar-refractivity contribution in [3.8, 4) is 0 Å². The lowest BCUT2D eigenvalue weighted by Gasteiger charge is -2.20. The largest absolute Gasteiger partial charge is 0.337 e. The van der Waals surface area contributed by atoms with Gasteiger partial charge in [0.1, 0.15) is 0 Å². The van der Waals surface area contributed by atoms with Crippen LogP contribution in [0.3, 0.4) is 0 Å². The molecule has 0 fully saturated rings. The van der Waals surface area contributed by atoms with Crippen LogP contribution < -0.4 is 15.5 Å². The number of aromatic nitrogens is 2. The van der Waals surface area contributed by atoms with Crippen molar-refractivity contribution in [2.45, 2.75) is 20.4 Å². The molecule has 0 bridgehead atoms. The van der Waals surface area contributed by atoms with Crippen molar-refractivity contribution in [3.63, 3.8) is 0 Å². The van der Waals surface area contributed by atoms with Gasteiger partial charge >= 0.3 is 0 Å². The van der Waals surface area contributed by atoms with Gasteiger partial charge in [-0.05, 0) is 36.8 Å². The molecule has 0 radical (unpaired) electrons. The van der Waals surface area contributed by atoms with Gasteiger partial charge in [-0.2, -0.15) is 0 Å². The fourth-order valence-electron chi connectivity index (χ4n) is 2.77. The SMILES string of the molecule is CCN(Cc1ccccc1)c1ncc(C(=O)Nc2ccc(NC(C)=O)cc2)cn1. The highest BCUT2D eigenvalue weighted by Crippen LogP contribution is 2.16. The van der Waals surface area contributed by atoms with E-state index in [1.54, 1.807) is 24.3 Å². The molecule has 29 heavy (non-hydrogen) atoms. The fraction of sp³-hybridized carbons (Fsp3) is 0.182. The Labute approximate surface area is 169 Å². The third-order valence-electron chi connectivity index (χ3n) is 4.24. The quantitative estimate of drug-likeness (QED) is 0.643. The Bertz CT molecular complexity index is 957. The van der Waals surface area contributed by atoms with Gasteiger partial charge in [0.25, 0.3) is 5.91 Å². The van der Waals surface area contributed by atoms with Gasteiger partial charge in [-0.15, -0.1) is 0 Å². The molecule has 1 heterocycles. The van der Waals surface area contributed by atoms with E-state index in [0.29, 0.717) is 29.4 Å². The average molecular weight is 389 g/mol. The van der Waals surface area contributed by atoms with Gasteiger partial charge in [0.2, 0.25) is 11.9 Å². The minimum absolute atomic E-state index is 0.146. The number of rotatable bonds is 7. The minimum Gasteiger partial charge on any atom is -0.337 e. The topological polar surface area (TPSA) is 87.2 Å². The fourth-order valence-corrected chi connectivity index (χ4v) is 2.77. The van der Waals surface area contributed by atoms with E-state index in [1.165, 1.54) is 24.9 Å². The van der Waals surface area contributed by atoms with Crippen LogP contribution in [0.25, 0.3) is 0 Å². The summed E-state index contributed by atoms with van der Waals surface area (Å²) in [6, 6.07) is 17.0. The zero-order valence-electron chi connectivity index (χ0n) is 16.4. The number of nitrogens with zero attached hydrogens (tertiary/aromatic N) is 3. The number of nitrogens with one attached hydrogen (secondary N) is 2. The van der Waals surface area contributed by atoms with Crippen molar-refractivity contribution in [1.29, 1.82) is 0 Å². The van der Waals surface area contributed by atoms with Crippen LogP contribution in [0, 0.1) is 0 Å². The molecule has 0 aliphatic heterocycles. The van der Waals surface area contributed by atoms with Crippen LogP contribution >= 0.6 is 0 Å². The smallest absolute Gasteiger partial charge is 0.258 e. The van der Waals surface area contributed by atoms with E-state index in [4.69, 9.17) is 0 Å². The maximum absolute atomic E-state index is 12.4. The molecule has 3 rings (SSSR count). The maximum atomic E-state index is 12.4. The van der Waals surface area contributed by atoms with Crippen LogP contribution in [-0.2, 0) is 11.3 Å². The van der Waals surface area contributed by atoms with Crippen LogP contribution in [0.1, 0.15) is 29.8 Å². The van der Waals surface area contributed by atoms with Gasteiger partial charge in [-0.3, -0.25) is 9.59 Å². The Hall–Kier alpha value is -3.74. The number of carbonyl (C=O) groups excluding carboxylic acids is 2. The van der Waals surface area contributed by atoms with Gasteiger partial charge < -0.3 is 15.5 Å². The molecular weight excluding hydrogens is 366 g/mol. The Morgan fingerprint density at radius 3 is 2.03 bits per heavy atom. The Balaban J connectivity index is 1.64. The highest BCUT2D eigenvalue weighted by molar-refractivity contribution is 6.04. The van der Waals surface area contributed by atoms with E-state index in [9.17, 15) is 9.59 Å². The number of carbonyl (C=O) groups is 2. The van der Waals surface area contributed by atoms with Gasteiger partial charge in [0, 0.05) is 43.8 Å². The van der Waals surface area contributed by atoms with Crippen molar-refractivity contribution >= 4 is 29.1 Å². The lowest BCUT2D eigenvalue weighted by Crippen LogP contribution is -2.24. The molecule has 2 amide bonds. The van der Waals surface area contributed by atoms with Gasteiger partial charge in [0.05, 0.1) is 5.56 Å². The van der Waals surface area contributed by atoms with Gasteiger partial charge in [-0.25, -0.2) is 9.97 Å². The molecule has 7 nitrogen and oxygen atoms in total. The predicted molar refractivity (Wildman–Crippen MR) is 114 cm³/mol. The zero-order chi connectivity index (χ0) is 20.6. The first-order valence-electron chi connectivity index (χ1n) is 9.35. The van der Waals surface area contributed by atoms with Crippen molar-refractivity contribution in [3.05, 3.63) is 78.1 Å². The standard InChI is InChI=1S/C22H23N5O2/c1-3-27(15-17-7-5-4-6-8-17)22-23-13-18(14-24-22)21(29)26-20-11-9-19(10-12-20)25-16(2)28/h4-14H,3,15H2,1-2H3,(H,25,28)(H,26,29). The first kappa shape index (κ1) is 20.0. The Kier molecular flexibility index (Phi) is 6.52. The third kappa shape index (κ3) is 5.62. The third-order valence-corrected chi connectivity index (χ3v) is 4.24. The molecular formula is C22H23N5O2. The van der Waals surface area contributed by atoms with E-state index in [2.05, 4.69) is 32.7 Å². The lowest BCUT2D eigenvalue weighted by atomic mass is 10.2. The van der Waals surface area contributed by atoms with Gasteiger partial charge in [0.15, 0.2) is 0 Å². The number of hydrogen-bond acceptors (Lipinski definition) is 5. The van der Waals surface area contributed by atoms with E-state index in [1.807, 2.05) is 30.0 Å². The van der Waals surface area contributed by atoms with Crippen LogP contribution in [0.4, 0.5) is 17.3 Å². The Morgan fingerprint density at radius 1 is 0.897 bits per heavy atom. The molecule has 2 aromatic carbocycles. The number of hydrogen-bond donors (Lipinski definition) is 2. The number of benzene rings is 2. The first-order valence-corrected chi connectivity index (χ1v) is 9.35. The number of anilines is 3. The summed E-state index contributed by atoms with van der Waals surface area (Å²) in [4.78, 5) is 34.3. The average Bonchev–Trinajstić information content (AvgIpc) is 2.74. The van der Waals surface area contributed by atoms with Crippen molar-refractivity contribution < 1.29 is 9.59 Å². The van der Waals surface area contributed by atoms with E-state index < -0.39 is 0 Å². The first-order chi connectivity index (χ1) is 14.0. The summed E-state index contributed by atoms with van der Waals surface area (Å²) in [6.07, 6.45) is 3.05. The molecule has 0 atom stereocenters. The highest BCUT2D eigenvalue weighted by atomic mass is 16.2. The van der Waals surface area contributed by atoms with Gasteiger partial charge in [-0.1, -0.05) is 30.3 Å². The summed E-state index contributed by atoms with van der Waals surface area (Å²) in [5, 5.41) is 5.48. The molecule has 7 heteroatoms. The zero-order valence-corrected chi connectivity index (χ0v) is 16.4. The molecule has 0 saturated carbocycles. The van der Waals surface area contributed by atoms with Crippen molar-refractivity contribution in [2.24, 2.45) is 0 Å². The molecule has 2 N–H and O–H groups in total.